The van der Waals surface area contributed by atoms with E-state index in [-0.39, 0.29) is 0 Å². The van der Waals surface area contributed by atoms with Crippen LogP contribution in [0.3, 0.4) is 0 Å². The van der Waals surface area contributed by atoms with Crippen molar-refractivity contribution in [3.63, 3.8) is 0 Å². The first kappa shape index (κ1) is 8.99. The number of thiazole rings is 1. The fourth-order valence-corrected chi connectivity index (χ4v) is 2.33. The lowest BCUT2D eigenvalue weighted by Crippen LogP contribution is -2.21. The molecule has 13 heavy (non-hydrogen) atoms. The number of nitrogen functional groups attached to an aromatic ring is 1. The summed E-state index contributed by atoms with van der Waals surface area (Å²) in [7, 11) is 0. The third-order valence-corrected chi connectivity index (χ3v) is 3.02. The van der Waals surface area contributed by atoms with E-state index in [1.165, 1.54) is 11.3 Å². The van der Waals surface area contributed by atoms with Crippen molar-refractivity contribution < 1.29 is 0 Å². The second-order valence-corrected chi connectivity index (χ2v) is 4.50. The number of nitrogens with two attached hydrogens (primary N) is 1. The zero-order chi connectivity index (χ0) is 9.26. The maximum absolute atomic E-state index is 5.99. The average molecular weight is 216 g/mol. The molecule has 2 heterocycles. The molecule has 0 fully saturated rings. The first-order valence-corrected chi connectivity index (χ1v) is 5.29. The summed E-state index contributed by atoms with van der Waals surface area (Å²) in [5.74, 6) is 0. The Morgan fingerprint density at radius 3 is 3.00 bits per heavy atom. The second-order valence-electron chi connectivity index (χ2n) is 2.87. The van der Waals surface area contributed by atoms with E-state index in [9.17, 15) is 0 Å². The molecule has 0 saturated heterocycles. The van der Waals surface area contributed by atoms with Crippen LogP contribution in [0.1, 0.15) is 12.1 Å². The van der Waals surface area contributed by atoms with Crippen LogP contribution < -0.4 is 11.1 Å². The Bertz CT molecular complexity index is 345. The summed E-state index contributed by atoms with van der Waals surface area (Å²) in [4.78, 5) is 4.19. The van der Waals surface area contributed by atoms with Gasteiger partial charge in [-0.1, -0.05) is 29.0 Å². The molecule has 0 unspecified atom stereocenters. The SMILES string of the molecule is Nc1nc(C2=CCCNC2)c(Cl)s1. The first-order chi connectivity index (χ1) is 6.27. The molecule has 0 spiro atoms. The summed E-state index contributed by atoms with van der Waals surface area (Å²) in [6.07, 6.45) is 3.19. The summed E-state index contributed by atoms with van der Waals surface area (Å²) in [5.41, 5.74) is 7.56. The fraction of sp³-hybridized carbons (Fsp3) is 0.375. The lowest BCUT2D eigenvalue weighted by Gasteiger charge is -2.12. The Labute approximate surface area is 85.6 Å². The average Bonchev–Trinajstić information content (AvgIpc) is 2.47. The number of nitrogens with one attached hydrogen (secondary N) is 1. The van der Waals surface area contributed by atoms with Crippen molar-refractivity contribution in [2.75, 3.05) is 18.8 Å². The quantitative estimate of drug-likeness (QED) is 0.751. The van der Waals surface area contributed by atoms with E-state index in [4.69, 9.17) is 17.3 Å². The maximum atomic E-state index is 5.99. The molecule has 0 radical (unpaired) electrons. The molecule has 0 bridgehead atoms. The van der Waals surface area contributed by atoms with Gasteiger partial charge in [-0.2, -0.15) is 0 Å². The molecule has 0 aliphatic carbocycles. The van der Waals surface area contributed by atoms with Gasteiger partial charge in [0.2, 0.25) is 0 Å². The smallest absolute Gasteiger partial charge is 0.182 e. The molecule has 1 aromatic heterocycles. The van der Waals surface area contributed by atoms with Crippen LogP contribution in [0.15, 0.2) is 6.08 Å². The summed E-state index contributed by atoms with van der Waals surface area (Å²) in [6, 6.07) is 0. The van der Waals surface area contributed by atoms with Crippen LogP contribution in [0.25, 0.3) is 5.57 Å². The van der Waals surface area contributed by atoms with Crippen LogP contribution in [-0.2, 0) is 0 Å². The second kappa shape index (κ2) is 3.65. The van der Waals surface area contributed by atoms with Gasteiger partial charge in [0.15, 0.2) is 5.13 Å². The zero-order valence-electron chi connectivity index (χ0n) is 7.01. The van der Waals surface area contributed by atoms with E-state index in [1.54, 1.807) is 0 Å². The monoisotopic (exact) mass is 215 g/mol. The largest absolute Gasteiger partial charge is 0.375 e. The van der Waals surface area contributed by atoms with Crippen molar-refractivity contribution in [3.05, 3.63) is 16.1 Å². The highest BCUT2D eigenvalue weighted by Crippen LogP contribution is 2.31. The number of nitrogens with zero attached hydrogens (tertiary/aromatic N) is 1. The Morgan fingerprint density at radius 1 is 1.62 bits per heavy atom. The van der Waals surface area contributed by atoms with Gasteiger partial charge < -0.3 is 11.1 Å². The van der Waals surface area contributed by atoms with Crippen molar-refractivity contribution in [3.8, 4) is 0 Å². The maximum Gasteiger partial charge on any atom is 0.182 e. The van der Waals surface area contributed by atoms with Crippen molar-refractivity contribution in [1.29, 1.82) is 0 Å². The highest BCUT2D eigenvalue weighted by Gasteiger charge is 2.13. The highest BCUT2D eigenvalue weighted by molar-refractivity contribution is 7.19. The van der Waals surface area contributed by atoms with Gasteiger partial charge in [0.1, 0.15) is 4.34 Å². The number of anilines is 1. The Balaban J connectivity index is 2.33. The van der Waals surface area contributed by atoms with Crippen molar-refractivity contribution >= 4 is 33.6 Å². The van der Waals surface area contributed by atoms with Crippen LogP contribution in [0.4, 0.5) is 5.13 Å². The molecule has 5 heteroatoms. The molecule has 0 aromatic carbocycles. The lowest BCUT2D eigenvalue weighted by atomic mass is 10.1. The van der Waals surface area contributed by atoms with Gasteiger partial charge in [0.25, 0.3) is 0 Å². The van der Waals surface area contributed by atoms with E-state index in [0.29, 0.717) is 9.47 Å². The number of hydrogen-bond donors (Lipinski definition) is 2. The van der Waals surface area contributed by atoms with Gasteiger partial charge in [0, 0.05) is 6.54 Å². The van der Waals surface area contributed by atoms with E-state index in [1.807, 2.05) is 0 Å². The minimum Gasteiger partial charge on any atom is -0.375 e. The van der Waals surface area contributed by atoms with Crippen LogP contribution in [0.2, 0.25) is 4.34 Å². The van der Waals surface area contributed by atoms with Crippen LogP contribution in [0.5, 0.6) is 0 Å². The summed E-state index contributed by atoms with van der Waals surface area (Å²) in [6.45, 7) is 1.86. The van der Waals surface area contributed by atoms with Crippen molar-refractivity contribution in [2.45, 2.75) is 6.42 Å². The Kier molecular flexibility index (Phi) is 2.53. The predicted octanol–water partition coefficient (Wildman–Crippen LogP) is 1.76. The van der Waals surface area contributed by atoms with E-state index < -0.39 is 0 Å². The van der Waals surface area contributed by atoms with Gasteiger partial charge in [0.05, 0.1) is 5.69 Å². The molecule has 3 N–H and O–H groups in total. The summed E-state index contributed by atoms with van der Waals surface area (Å²) >= 11 is 7.31. The van der Waals surface area contributed by atoms with E-state index in [0.717, 1.165) is 30.8 Å². The fourth-order valence-electron chi connectivity index (χ4n) is 1.34. The molecule has 1 aromatic rings. The van der Waals surface area contributed by atoms with Gasteiger partial charge in [-0.05, 0) is 18.5 Å². The van der Waals surface area contributed by atoms with Crippen molar-refractivity contribution in [2.24, 2.45) is 0 Å². The lowest BCUT2D eigenvalue weighted by molar-refractivity contribution is 0.738. The molecule has 0 amide bonds. The number of halogens is 1. The van der Waals surface area contributed by atoms with E-state index >= 15 is 0 Å². The number of rotatable bonds is 1. The topological polar surface area (TPSA) is 50.9 Å². The van der Waals surface area contributed by atoms with Gasteiger partial charge >= 0.3 is 0 Å². The Hall–Kier alpha value is -0.580. The van der Waals surface area contributed by atoms with Gasteiger partial charge in [-0.25, -0.2) is 4.98 Å². The summed E-state index contributed by atoms with van der Waals surface area (Å²) < 4.78 is 0.687. The highest BCUT2D eigenvalue weighted by atomic mass is 35.5. The molecular weight excluding hydrogens is 206 g/mol. The molecular formula is C8H10ClN3S. The minimum absolute atomic E-state index is 0.534. The van der Waals surface area contributed by atoms with Crippen LogP contribution in [-0.4, -0.2) is 18.1 Å². The third-order valence-electron chi connectivity index (χ3n) is 1.93. The molecule has 0 atom stereocenters. The molecule has 1 aliphatic heterocycles. The normalized spacial score (nSPS) is 17.2. The molecule has 70 valence electrons. The minimum atomic E-state index is 0.534. The van der Waals surface area contributed by atoms with Crippen molar-refractivity contribution in [1.82, 2.24) is 10.3 Å². The zero-order valence-corrected chi connectivity index (χ0v) is 8.58. The molecule has 3 nitrogen and oxygen atoms in total. The van der Waals surface area contributed by atoms with Crippen LogP contribution in [0, 0.1) is 0 Å². The molecule has 1 aliphatic rings. The molecule has 2 rings (SSSR count). The predicted molar refractivity (Wildman–Crippen MR) is 57.0 cm³/mol. The molecule has 0 saturated carbocycles. The third kappa shape index (κ3) is 1.85. The Morgan fingerprint density at radius 2 is 2.46 bits per heavy atom. The number of aromatic nitrogens is 1. The summed E-state index contributed by atoms with van der Waals surface area (Å²) in [5, 5.41) is 3.80. The first-order valence-electron chi connectivity index (χ1n) is 4.09. The standard InChI is InChI=1S/C8H10ClN3S/c9-7-6(12-8(10)13-7)5-2-1-3-11-4-5/h2,11H,1,3-4H2,(H2,10,12). The van der Waals surface area contributed by atoms with Crippen LogP contribution >= 0.6 is 22.9 Å². The van der Waals surface area contributed by atoms with Gasteiger partial charge in [-0.15, -0.1) is 0 Å². The number of hydrogen-bond acceptors (Lipinski definition) is 4. The van der Waals surface area contributed by atoms with E-state index in [2.05, 4.69) is 16.4 Å². The van der Waals surface area contributed by atoms with Gasteiger partial charge in [-0.3, -0.25) is 0 Å².